The van der Waals surface area contributed by atoms with Crippen LogP contribution >= 0.6 is 0 Å². The maximum Gasteiger partial charge on any atom is 0.0992 e. The van der Waals surface area contributed by atoms with E-state index in [1.807, 2.05) is 12.1 Å². The van der Waals surface area contributed by atoms with Crippen LogP contribution in [0.5, 0.6) is 0 Å². The molecule has 0 atom stereocenters. The second kappa shape index (κ2) is 4.49. The first-order chi connectivity index (χ1) is 8.78. The summed E-state index contributed by atoms with van der Waals surface area (Å²) in [5.74, 6) is 0.873. The highest BCUT2D eigenvalue weighted by Crippen LogP contribution is 2.34. The molecule has 2 nitrogen and oxygen atoms in total. The molecule has 0 unspecified atom stereocenters. The van der Waals surface area contributed by atoms with Crippen LogP contribution in [-0.2, 0) is 0 Å². The molecule has 0 radical (unpaired) electrons. The molecule has 0 spiro atoms. The standard InChI is InChI=1S/C16H18N2/c1-12-2-6-15(7-3-12)18-9-8-14-5-4-13(11-17)10-16(14)18/h4-5,8-10,12,15H,2-3,6-7H2,1H3. The first kappa shape index (κ1) is 11.3. The Labute approximate surface area is 108 Å². The van der Waals surface area contributed by atoms with Crippen molar-refractivity contribution in [1.29, 1.82) is 5.26 Å². The van der Waals surface area contributed by atoms with Gasteiger partial charge in [-0.1, -0.05) is 13.0 Å². The Balaban J connectivity index is 1.99. The number of nitriles is 1. The minimum atomic E-state index is 0.618. The van der Waals surface area contributed by atoms with Gasteiger partial charge in [-0.05, 0) is 55.2 Å². The topological polar surface area (TPSA) is 28.7 Å². The SMILES string of the molecule is CC1CCC(n2ccc3ccc(C#N)cc32)CC1. The Morgan fingerprint density at radius 3 is 2.67 bits per heavy atom. The van der Waals surface area contributed by atoms with Crippen LogP contribution in [0.2, 0.25) is 0 Å². The summed E-state index contributed by atoms with van der Waals surface area (Å²) < 4.78 is 2.38. The molecule has 92 valence electrons. The fraction of sp³-hybridized carbons (Fsp3) is 0.438. The van der Waals surface area contributed by atoms with Crippen LogP contribution in [0.1, 0.15) is 44.2 Å². The molecule has 1 heterocycles. The van der Waals surface area contributed by atoms with Crippen molar-refractivity contribution in [1.82, 2.24) is 4.57 Å². The number of nitrogens with zero attached hydrogens (tertiary/aromatic N) is 2. The predicted molar refractivity (Wildman–Crippen MR) is 73.3 cm³/mol. The lowest BCUT2D eigenvalue weighted by Gasteiger charge is -2.28. The lowest BCUT2D eigenvalue weighted by Crippen LogP contribution is -2.15. The van der Waals surface area contributed by atoms with Gasteiger partial charge in [-0.25, -0.2) is 0 Å². The van der Waals surface area contributed by atoms with E-state index in [9.17, 15) is 0 Å². The molecule has 1 fully saturated rings. The molecule has 0 amide bonds. The molecule has 0 aliphatic heterocycles. The van der Waals surface area contributed by atoms with Crippen LogP contribution in [0, 0.1) is 17.2 Å². The number of aromatic nitrogens is 1. The van der Waals surface area contributed by atoms with E-state index in [1.54, 1.807) is 0 Å². The molecule has 0 saturated heterocycles. The van der Waals surface area contributed by atoms with E-state index >= 15 is 0 Å². The zero-order valence-electron chi connectivity index (χ0n) is 10.8. The first-order valence-electron chi connectivity index (χ1n) is 6.78. The summed E-state index contributed by atoms with van der Waals surface area (Å²) in [6.45, 7) is 2.35. The van der Waals surface area contributed by atoms with Crippen molar-refractivity contribution in [3.05, 3.63) is 36.0 Å². The van der Waals surface area contributed by atoms with Gasteiger partial charge in [0, 0.05) is 17.8 Å². The van der Waals surface area contributed by atoms with Crippen LogP contribution in [0.3, 0.4) is 0 Å². The van der Waals surface area contributed by atoms with Gasteiger partial charge in [-0.15, -0.1) is 0 Å². The quantitative estimate of drug-likeness (QED) is 0.729. The highest BCUT2D eigenvalue weighted by atomic mass is 15.0. The van der Waals surface area contributed by atoms with E-state index in [-0.39, 0.29) is 0 Å². The average Bonchev–Trinajstić information content (AvgIpc) is 2.82. The van der Waals surface area contributed by atoms with Crippen molar-refractivity contribution in [3.63, 3.8) is 0 Å². The van der Waals surface area contributed by atoms with Gasteiger partial charge in [0.25, 0.3) is 0 Å². The van der Waals surface area contributed by atoms with Gasteiger partial charge in [0.15, 0.2) is 0 Å². The Morgan fingerprint density at radius 1 is 1.17 bits per heavy atom. The van der Waals surface area contributed by atoms with Crippen molar-refractivity contribution in [2.24, 2.45) is 5.92 Å². The van der Waals surface area contributed by atoms with E-state index in [2.05, 4.69) is 35.9 Å². The van der Waals surface area contributed by atoms with E-state index in [1.165, 1.54) is 36.6 Å². The van der Waals surface area contributed by atoms with Gasteiger partial charge in [-0.2, -0.15) is 5.26 Å². The Morgan fingerprint density at radius 2 is 1.94 bits per heavy atom. The van der Waals surface area contributed by atoms with Crippen molar-refractivity contribution in [2.75, 3.05) is 0 Å². The van der Waals surface area contributed by atoms with Crippen LogP contribution in [0.25, 0.3) is 10.9 Å². The molecular formula is C16H18N2. The smallest absolute Gasteiger partial charge is 0.0992 e. The summed E-state index contributed by atoms with van der Waals surface area (Å²) in [6, 6.07) is 11.0. The molecule has 1 aliphatic rings. The van der Waals surface area contributed by atoms with Crippen LogP contribution < -0.4 is 0 Å². The van der Waals surface area contributed by atoms with Gasteiger partial charge in [0.2, 0.25) is 0 Å². The lowest BCUT2D eigenvalue weighted by atomic mass is 9.87. The monoisotopic (exact) mass is 238 g/mol. The minimum Gasteiger partial charge on any atom is -0.344 e. The van der Waals surface area contributed by atoms with Crippen molar-refractivity contribution >= 4 is 10.9 Å². The molecule has 1 aromatic heterocycles. The molecule has 3 rings (SSSR count). The summed E-state index contributed by atoms with van der Waals surface area (Å²) >= 11 is 0. The fourth-order valence-corrected chi connectivity index (χ4v) is 3.06. The third-order valence-corrected chi connectivity index (χ3v) is 4.23. The number of benzene rings is 1. The van der Waals surface area contributed by atoms with Gasteiger partial charge >= 0.3 is 0 Å². The van der Waals surface area contributed by atoms with Crippen LogP contribution in [0.15, 0.2) is 30.5 Å². The lowest BCUT2D eigenvalue weighted by molar-refractivity contribution is 0.294. The second-order valence-electron chi connectivity index (χ2n) is 5.52. The molecule has 2 aromatic rings. The number of fused-ring (bicyclic) bond motifs is 1. The second-order valence-corrected chi connectivity index (χ2v) is 5.52. The fourth-order valence-electron chi connectivity index (χ4n) is 3.06. The normalized spacial score (nSPS) is 24.0. The minimum absolute atomic E-state index is 0.618. The number of hydrogen-bond donors (Lipinski definition) is 0. The largest absolute Gasteiger partial charge is 0.344 e. The third-order valence-electron chi connectivity index (χ3n) is 4.23. The van der Waals surface area contributed by atoms with Crippen molar-refractivity contribution in [2.45, 2.75) is 38.6 Å². The molecular weight excluding hydrogens is 220 g/mol. The summed E-state index contributed by atoms with van der Waals surface area (Å²) in [5.41, 5.74) is 1.97. The molecule has 1 aliphatic carbocycles. The highest BCUT2D eigenvalue weighted by Gasteiger charge is 2.20. The van der Waals surface area contributed by atoms with Crippen molar-refractivity contribution < 1.29 is 0 Å². The molecule has 1 saturated carbocycles. The van der Waals surface area contributed by atoms with E-state index in [0.29, 0.717) is 6.04 Å². The zero-order chi connectivity index (χ0) is 12.5. The molecule has 0 N–H and O–H groups in total. The highest BCUT2D eigenvalue weighted by molar-refractivity contribution is 5.81. The maximum atomic E-state index is 9.01. The van der Waals surface area contributed by atoms with Gasteiger partial charge in [-0.3, -0.25) is 0 Å². The van der Waals surface area contributed by atoms with E-state index in [4.69, 9.17) is 5.26 Å². The molecule has 2 heteroatoms. The number of hydrogen-bond acceptors (Lipinski definition) is 1. The van der Waals surface area contributed by atoms with E-state index in [0.717, 1.165) is 11.5 Å². The summed E-state index contributed by atoms with van der Waals surface area (Å²) in [5, 5.41) is 10.3. The third kappa shape index (κ3) is 1.90. The van der Waals surface area contributed by atoms with Gasteiger partial charge < -0.3 is 4.57 Å². The summed E-state index contributed by atoms with van der Waals surface area (Å²) in [4.78, 5) is 0. The van der Waals surface area contributed by atoms with Gasteiger partial charge in [0.05, 0.1) is 11.6 Å². The predicted octanol–water partition coefficient (Wildman–Crippen LogP) is 4.26. The summed E-state index contributed by atoms with van der Waals surface area (Å²) in [7, 11) is 0. The zero-order valence-corrected chi connectivity index (χ0v) is 10.8. The number of rotatable bonds is 1. The summed E-state index contributed by atoms with van der Waals surface area (Å²) in [6.07, 6.45) is 7.36. The van der Waals surface area contributed by atoms with Crippen LogP contribution in [0.4, 0.5) is 0 Å². The molecule has 18 heavy (non-hydrogen) atoms. The Bertz CT molecular complexity index is 595. The Kier molecular flexibility index (Phi) is 2.83. The first-order valence-corrected chi connectivity index (χ1v) is 6.78. The maximum absolute atomic E-state index is 9.01. The molecule has 0 bridgehead atoms. The molecule has 1 aromatic carbocycles. The van der Waals surface area contributed by atoms with Gasteiger partial charge in [0.1, 0.15) is 0 Å². The Hall–Kier alpha value is -1.75. The van der Waals surface area contributed by atoms with Crippen LogP contribution in [-0.4, -0.2) is 4.57 Å². The van der Waals surface area contributed by atoms with E-state index < -0.39 is 0 Å². The van der Waals surface area contributed by atoms with Crippen molar-refractivity contribution in [3.8, 4) is 6.07 Å². The average molecular weight is 238 g/mol.